The molecule has 0 aliphatic carbocycles. The van der Waals surface area contributed by atoms with Gasteiger partial charge in [-0.15, -0.1) is 0 Å². The predicted octanol–water partition coefficient (Wildman–Crippen LogP) is 1.27. The number of benzene rings is 1. The van der Waals surface area contributed by atoms with Crippen molar-refractivity contribution in [3.05, 3.63) is 23.8 Å². The largest absolute Gasteiger partial charge is 0.493 e. The van der Waals surface area contributed by atoms with Crippen LogP contribution in [0.5, 0.6) is 11.5 Å². The summed E-state index contributed by atoms with van der Waals surface area (Å²) in [6.07, 6.45) is 0. The first-order valence-corrected chi connectivity index (χ1v) is 6.08. The van der Waals surface area contributed by atoms with Crippen LogP contribution in [-0.2, 0) is 4.79 Å². The summed E-state index contributed by atoms with van der Waals surface area (Å²) in [6.45, 7) is 5.26. The zero-order valence-electron chi connectivity index (χ0n) is 11.8. The predicted molar refractivity (Wildman–Crippen MR) is 72.5 cm³/mol. The highest BCUT2D eigenvalue weighted by Crippen LogP contribution is 2.27. The standard InChI is InChI=1S/C14H21NO4/c1-10-5-6-11(12(7-10)18-4)19-8-13(16)15-9-14(2,3)17/h5-7,17H,8-9H2,1-4H3,(H,15,16). The lowest BCUT2D eigenvalue weighted by Crippen LogP contribution is -2.40. The highest BCUT2D eigenvalue weighted by atomic mass is 16.5. The van der Waals surface area contributed by atoms with E-state index in [1.807, 2.05) is 19.1 Å². The van der Waals surface area contributed by atoms with E-state index in [-0.39, 0.29) is 19.1 Å². The van der Waals surface area contributed by atoms with Gasteiger partial charge in [0, 0.05) is 6.54 Å². The second kappa shape index (κ2) is 6.43. The molecule has 0 atom stereocenters. The van der Waals surface area contributed by atoms with Crippen molar-refractivity contribution in [3.63, 3.8) is 0 Å². The van der Waals surface area contributed by atoms with Crippen LogP contribution in [0.2, 0.25) is 0 Å². The van der Waals surface area contributed by atoms with Gasteiger partial charge in [0.1, 0.15) is 0 Å². The van der Waals surface area contributed by atoms with Gasteiger partial charge in [0.25, 0.3) is 5.91 Å². The summed E-state index contributed by atoms with van der Waals surface area (Å²) in [4.78, 5) is 11.5. The van der Waals surface area contributed by atoms with Crippen LogP contribution in [0.25, 0.3) is 0 Å². The average Bonchev–Trinajstić information content (AvgIpc) is 2.33. The van der Waals surface area contributed by atoms with E-state index in [1.54, 1.807) is 27.0 Å². The number of carbonyl (C=O) groups is 1. The quantitative estimate of drug-likeness (QED) is 0.814. The van der Waals surface area contributed by atoms with E-state index in [1.165, 1.54) is 0 Å². The number of nitrogens with one attached hydrogen (secondary N) is 1. The van der Waals surface area contributed by atoms with Gasteiger partial charge in [-0.25, -0.2) is 0 Å². The molecule has 0 saturated carbocycles. The third-order valence-corrected chi connectivity index (χ3v) is 2.40. The number of aliphatic hydroxyl groups is 1. The fourth-order valence-corrected chi connectivity index (χ4v) is 1.40. The molecule has 1 aromatic carbocycles. The molecule has 106 valence electrons. The smallest absolute Gasteiger partial charge is 0.258 e. The molecule has 0 saturated heterocycles. The third kappa shape index (κ3) is 5.61. The first-order chi connectivity index (χ1) is 8.81. The second-order valence-electron chi connectivity index (χ2n) is 5.03. The van der Waals surface area contributed by atoms with Crippen LogP contribution >= 0.6 is 0 Å². The lowest BCUT2D eigenvalue weighted by Gasteiger charge is -2.18. The third-order valence-electron chi connectivity index (χ3n) is 2.40. The van der Waals surface area contributed by atoms with E-state index in [0.29, 0.717) is 11.5 Å². The number of amides is 1. The molecular formula is C14H21NO4. The normalized spacial score (nSPS) is 11.0. The highest BCUT2D eigenvalue weighted by Gasteiger charge is 2.14. The molecular weight excluding hydrogens is 246 g/mol. The summed E-state index contributed by atoms with van der Waals surface area (Å²) in [5.41, 5.74) is 0.118. The molecule has 0 fully saturated rings. The van der Waals surface area contributed by atoms with Gasteiger partial charge in [0.05, 0.1) is 12.7 Å². The number of rotatable bonds is 6. The molecule has 0 radical (unpaired) electrons. The van der Waals surface area contributed by atoms with Crippen molar-refractivity contribution in [2.24, 2.45) is 0 Å². The molecule has 0 bridgehead atoms. The maximum Gasteiger partial charge on any atom is 0.258 e. The van der Waals surface area contributed by atoms with Gasteiger partial charge in [0.15, 0.2) is 18.1 Å². The van der Waals surface area contributed by atoms with Gasteiger partial charge < -0.3 is 19.9 Å². The van der Waals surface area contributed by atoms with Crippen LogP contribution in [0, 0.1) is 6.92 Å². The van der Waals surface area contributed by atoms with Crippen molar-refractivity contribution >= 4 is 5.91 Å². The number of hydrogen-bond donors (Lipinski definition) is 2. The molecule has 19 heavy (non-hydrogen) atoms. The van der Waals surface area contributed by atoms with Crippen molar-refractivity contribution < 1.29 is 19.4 Å². The summed E-state index contributed by atoms with van der Waals surface area (Å²) < 4.78 is 10.6. The number of carbonyl (C=O) groups excluding carboxylic acids is 1. The van der Waals surface area contributed by atoms with E-state index < -0.39 is 5.60 Å². The zero-order chi connectivity index (χ0) is 14.5. The first-order valence-electron chi connectivity index (χ1n) is 6.08. The maximum absolute atomic E-state index is 11.5. The van der Waals surface area contributed by atoms with Gasteiger partial charge in [-0.3, -0.25) is 4.79 Å². The monoisotopic (exact) mass is 267 g/mol. The van der Waals surface area contributed by atoms with Crippen LogP contribution in [0.4, 0.5) is 0 Å². The van der Waals surface area contributed by atoms with E-state index >= 15 is 0 Å². The minimum atomic E-state index is -0.933. The summed E-state index contributed by atoms with van der Waals surface area (Å²) in [5.74, 6) is 0.826. The molecule has 0 aromatic heterocycles. The molecule has 0 aliphatic heterocycles. The Morgan fingerprint density at radius 1 is 1.37 bits per heavy atom. The molecule has 0 unspecified atom stereocenters. The minimum Gasteiger partial charge on any atom is -0.493 e. The Kier molecular flexibility index (Phi) is 5.18. The molecule has 0 heterocycles. The molecule has 1 amide bonds. The Hall–Kier alpha value is -1.75. The second-order valence-corrected chi connectivity index (χ2v) is 5.03. The SMILES string of the molecule is COc1cc(C)ccc1OCC(=O)NCC(C)(C)O. The average molecular weight is 267 g/mol. The topological polar surface area (TPSA) is 67.8 Å². The Labute approximate surface area is 113 Å². The molecule has 2 N–H and O–H groups in total. The number of aryl methyl sites for hydroxylation is 1. The highest BCUT2D eigenvalue weighted by molar-refractivity contribution is 5.77. The van der Waals surface area contributed by atoms with Crippen LogP contribution in [0.1, 0.15) is 19.4 Å². The molecule has 5 nitrogen and oxygen atoms in total. The maximum atomic E-state index is 11.5. The van der Waals surface area contributed by atoms with E-state index in [4.69, 9.17) is 9.47 Å². The fraction of sp³-hybridized carbons (Fsp3) is 0.500. The zero-order valence-corrected chi connectivity index (χ0v) is 11.8. The van der Waals surface area contributed by atoms with Gasteiger partial charge in [-0.2, -0.15) is 0 Å². The van der Waals surface area contributed by atoms with E-state index in [0.717, 1.165) is 5.56 Å². The van der Waals surface area contributed by atoms with Crippen LogP contribution in [-0.4, -0.2) is 36.9 Å². The summed E-state index contributed by atoms with van der Waals surface area (Å²) >= 11 is 0. The van der Waals surface area contributed by atoms with Crippen molar-refractivity contribution in [1.29, 1.82) is 0 Å². The summed E-state index contributed by atoms with van der Waals surface area (Å²) in [5, 5.41) is 12.1. The van der Waals surface area contributed by atoms with Crippen LogP contribution in [0.15, 0.2) is 18.2 Å². The van der Waals surface area contributed by atoms with Gasteiger partial charge in [-0.1, -0.05) is 6.07 Å². The van der Waals surface area contributed by atoms with Crippen molar-refractivity contribution in [2.45, 2.75) is 26.4 Å². The lowest BCUT2D eigenvalue weighted by atomic mass is 10.1. The minimum absolute atomic E-state index is 0.116. The van der Waals surface area contributed by atoms with Gasteiger partial charge in [-0.05, 0) is 38.5 Å². The Balaban J connectivity index is 2.50. The van der Waals surface area contributed by atoms with Crippen LogP contribution < -0.4 is 14.8 Å². The Morgan fingerprint density at radius 2 is 2.05 bits per heavy atom. The molecule has 5 heteroatoms. The molecule has 0 aliphatic rings. The number of hydrogen-bond acceptors (Lipinski definition) is 4. The van der Waals surface area contributed by atoms with Crippen molar-refractivity contribution in [1.82, 2.24) is 5.32 Å². The van der Waals surface area contributed by atoms with Crippen molar-refractivity contribution in [2.75, 3.05) is 20.3 Å². The van der Waals surface area contributed by atoms with Gasteiger partial charge >= 0.3 is 0 Å². The summed E-state index contributed by atoms with van der Waals surface area (Å²) in [7, 11) is 1.55. The number of ether oxygens (including phenoxy) is 2. The first kappa shape index (κ1) is 15.3. The van der Waals surface area contributed by atoms with Gasteiger partial charge in [0.2, 0.25) is 0 Å². The summed E-state index contributed by atoms with van der Waals surface area (Å²) in [6, 6.07) is 5.48. The van der Waals surface area contributed by atoms with Crippen molar-refractivity contribution in [3.8, 4) is 11.5 Å². The fourth-order valence-electron chi connectivity index (χ4n) is 1.40. The Bertz CT molecular complexity index is 438. The van der Waals surface area contributed by atoms with Crippen LogP contribution in [0.3, 0.4) is 0 Å². The number of methoxy groups -OCH3 is 1. The van der Waals surface area contributed by atoms with E-state index in [2.05, 4.69) is 5.32 Å². The molecule has 1 aromatic rings. The Morgan fingerprint density at radius 3 is 2.63 bits per heavy atom. The molecule has 0 spiro atoms. The van der Waals surface area contributed by atoms with E-state index in [9.17, 15) is 9.90 Å². The lowest BCUT2D eigenvalue weighted by molar-refractivity contribution is -0.124. The molecule has 1 rings (SSSR count).